The van der Waals surface area contributed by atoms with Crippen molar-refractivity contribution in [3.8, 4) is 0 Å². The highest BCUT2D eigenvalue weighted by molar-refractivity contribution is 5.94. The summed E-state index contributed by atoms with van der Waals surface area (Å²) in [6, 6.07) is 4.56. The highest BCUT2D eigenvalue weighted by Gasteiger charge is 2.23. The van der Waals surface area contributed by atoms with Crippen LogP contribution in [-0.4, -0.2) is 74.6 Å². The van der Waals surface area contributed by atoms with Gasteiger partial charge in [0.25, 0.3) is 5.91 Å². The number of amides is 2. The number of nitrogens with one attached hydrogen (secondary N) is 1. The second kappa shape index (κ2) is 9.48. The first-order chi connectivity index (χ1) is 12.0. The lowest BCUT2D eigenvalue weighted by atomic mass is 10.1. The molecule has 25 heavy (non-hydrogen) atoms. The van der Waals surface area contributed by atoms with E-state index in [1.807, 2.05) is 4.90 Å². The first kappa shape index (κ1) is 19.3. The Morgan fingerprint density at radius 3 is 2.60 bits per heavy atom. The van der Waals surface area contributed by atoms with E-state index in [0.29, 0.717) is 57.0 Å². The minimum atomic E-state index is -0.366. The molecule has 1 aliphatic heterocycles. The molecule has 2 amide bonds. The van der Waals surface area contributed by atoms with Crippen molar-refractivity contribution in [2.75, 3.05) is 53.0 Å². The van der Waals surface area contributed by atoms with Gasteiger partial charge in [-0.2, -0.15) is 0 Å². The molecule has 0 spiro atoms. The predicted molar refractivity (Wildman–Crippen MR) is 93.0 cm³/mol. The molecule has 0 radical (unpaired) electrons. The molecule has 0 bridgehead atoms. The lowest BCUT2D eigenvalue weighted by Crippen LogP contribution is -2.51. The van der Waals surface area contributed by atoms with E-state index in [-0.39, 0.29) is 17.6 Å². The average Bonchev–Trinajstić information content (AvgIpc) is 2.61. The monoisotopic (exact) mass is 351 g/mol. The van der Waals surface area contributed by atoms with Crippen molar-refractivity contribution < 1.29 is 18.7 Å². The lowest BCUT2D eigenvalue weighted by Gasteiger charge is -2.34. The van der Waals surface area contributed by atoms with Crippen molar-refractivity contribution in [1.82, 2.24) is 15.1 Å². The van der Waals surface area contributed by atoms with Crippen molar-refractivity contribution in [3.63, 3.8) is 0 Å². The standard InChI is InChI=1S/C18H26FN3O3/c1-14-4-5-15(12-16(14)19)18(24)22-9-7-21(8-10-22)13-17(23)20-6-3-11-25-2/h4-5,12H,3,6-11,13H2,1-2H3,(H,20,23). The van der Waals surface area contributed by atoms with Gasteiger partial charge in [-0.1, -0.05) is 6.07 Å². The Kier molecular flexibility index (Phi) is 7.33. The van der Waals surface area contributed by atoms with Crippen LogP contribution < -0.4 is 5.32 Å². The van der Waals surface area contributed by atoms with Gasteiger partial charge in [-0.3, -0.25) is 14.5 Å². The van der Waals surface area contributed by atoms with Gasteiger partial charge in [0, 0.05) is 52.0 Å². The summed E-state index contributed by atoms with van der Waals surface area (Å²) in [7, 11) is 1.63. The van der Waals surface area contributed by atoms with Gasteiger partial charge in [0.2, 0.25) is 5.91 Å². The van der Waals surface area contributed by atoms with E-state index in [4.69, 9.17) is 4.74 Å². The average molecular weight is 351 g/mol. The second-order valence-corrected chi connectivity index (χ2v) is 6.23. The van der Waals surface area contributed by atoms with E-state index in [0.717, 1.165) is 6.42 Å². The van der Waals surface area contributed by atoms with Gasteiger partial charge < -0.3 is 15.0 Å². The van der Waals surface area contributed by atoms with Crippen LogP contribution in [0.3, 0.4) is 0 Å². The summed E-state index contributed by atoms with van der Waals surface area (Å²) in [5.74, 6) is -0.548. The van der Waals surface area contributed by atoms with E-state index in [9.17, 15) is 14.0 Å². The third kappa shape index (κ3) is 5.79. The fourth-order valence-corrected chi connectivity index (χ4v) is 2.72. The molecule has 138 valence electrons. The smallest absolute Gasteiger partial charge is 0.254 e. The van der Waals surface area contributed by atoms with Gasteiger partial charge in [0.15, 0.2) is 0 Å². The molecule has 1 aromatic rings. The van der Waals surface area contributed by atoms with Gasteiger partial charge in [-0.05, 0) is 31.0 Å². The van der Waals surface area contributed by atoms with Gasteiger partial charge in [-0.15, -0.1) is 0 Å². The number of carbonyl (C=O) groups is 2. The number of methoxy groups -OCH3 is 1. The Balaban J connectivity index is 1.76. The molecule has 0 atom stereocenters. The number of hydrogen-bond donors (Lipinski definition) is 1. The zero-order valence-corrected chi connectivity index (χ0v) is 14.9. The molecular formula is C18H26FN3O3. The molecule has 0 saturated carbocycles. The number of ether oxygens (including phenoxy) is 1. The lowest BCUT2D eigenvalue weighted by molar-refractivity contribution is -0.122. The van der Waals surface area contributed by atoms with Crippen LogP contribution in [0.2, 0.25) is 0 Å². The van der Waals surface area contributed by atoms with Crippen LogP contribution in [0.4, 0.5) is 4.39 Å². The molecule has 0 aromatic heterocycles. The maximum atomic E-state index is 13.6. The summed E-state index contributed by atoms with van der Waals surface area (Å²) >= 11 is 0. The Morgan fingerprint density at radius 1 is 1.24 bits per heavy atom. The van der Waals surface area contributed by atoms with Gasteiger partial charge >= 0.3 is 0 Å². The Labute approximate surface area is 147 Å². The summed E-state index contributed by atoms with van der Waals surface area (Å²) in [6.45, 7) is 5.55. The number of aryl methyl sites for hydroxylation is 1. The Bertz CT molecular complexity index is 601. The second-order valence-electron chi connectivity index (χ2n) is 6.23. The summed E-state index contributed by atoms with van der Waals surface area (Å²) < 4.78 is 18.6. The third-order valence-electron chi connectivity index (χ3n) is 4.29. The number of carbonyl (C=O) groups excluding carboxylic acids is 2. The molecule has 1 N–H and O–H groups in total. The van der Waals surface area contributed by atoms with Crippen LogP contribution >= 0.6 is 0 Å². The molecule has 1 aliphatic rings. The number of nitrogens with zero attached hydrogens (tertiary/aromatic N) is 2. The van der Waals surface area contributed by atoms with Crippen LogP contribution in [-0.2, 0) is 9.53 Å². The van der Waals surface area contributed by atoms with Crippen LogP contribution in [0, 0.1) is 12.7 Å². The summed E-state index contributed by atoms with van der Waals surface area (Å²) in [6.07, 6.45) is 0.789. The van der Waals surface area contributed by atoms with E-state index in [1.165, 1.54) is 6.07 Å². The molecule has 1 aromatic carbocycles. The van der Waals surface area contributed by atoms with Crippen molar-refractivity contribution in [2.24, 2.45) is 0 Å². The molecule has 0 unspecified atom stereocenters. The van der Waals surface area contributed by atoms with Crippen molar-refractivity contribution in [3.05, 3.63) is 35.1 Å². The van der Waals surface area contributed by atoms with Crippen LogP contribution in [0.1, 0.15) is 22.3 Å². The van der Waals surface area contributed by atoms with Crippen LogP contribution in [0.5, 0.6) is 0 Å². The van der Waals surface area contributed by atoms with E-state index < -0.39 is 0 Å². The summed E-state index contributed by atoms with van der Waals surface area (Å²) in [5, 5.41) is 2.85. The normalized spacial score (nSPS) is 15.2. The minimum absolute atomic E-state index is 0.0171. The van der Waals surface area contributed by atoms with E-state index in [1.54, 1.807) is 31.1 Å². The topological polar surface area (TPSA) is 61.9 Å². The van der Waals surface area contributed by atoms with Crippen molar-refractivity contribution >= 4 is 11.8 Å². The Hall–Kier alpha value is -1.99. The first-order valence-corrected chi connectivity index (χ1v) is 8.54. The fraction of sp³-hybridized carbons (Fsp3) is 0.556. The molecule has 1 saturated heterocycles. The fourth-order valence-electron chi connectivity index (χ4n) is 2.72. The molecule has 1 fully saturated rings. The van der Waals surface area contributed by atoms with Gasteiger partial charge in [0.05, 0.1) is 6.54 Å². The summed E-state index contributed by atoms with van der Waals surface area (Å²) in [4.78, 5) is 28.0. The van der Waals surface area contributed by atoms with Crippen LogP contribution in [0.25, 0.3) is 0 Å². The maximum Gasteiger partial charge on any atom is 0.254 e. The first-order valence-electron chi connectivity index (χ1n) is 8.54. The third-order valence-corrected chi connectivity index (χ3v) is 4.29. The van der Waals surface area contributed by atoms with Crippen molar-refractivity contribution in [1.29, 1.82) is 0 Å². The van der Waals surface area contributed by atoms with E-state index in [2.05, 4.69) is 5.32 Å². The molecule has 2 rings (SSSR count). The largest absolute Gasteiger partial charge is 0.385 e. The zero-order valence-electron chi connectivity index (χ0n) is 14.9. The summed E-state index contributed by atoms with van der Waals surface area (Å²) in [5.41, 5.74) is 0.894. The van der Waals surface area contributed by atoms with E-state index >= 15 is 0 Å². The SMILES string of the molecule is COCCCNC(=O)CN1CCN(C(=O)c2ccc(C)c(F)c2)CC1. The quantitative estimate of drug-likeness (QED) is 0.746. The maximum absolute atomic E-state index is 13.6. The van der Waals surface area contributed by atoms with Gasteiger partial charge in [-0.25, -0.2) is 4.39 Å². The van der Waals surface area contributed by atoms with Crippen molar-refractivity contribution in [2.45, 2.75) is 13.3 Å². The number of hydrogen-bond acceptors (Lipinski definition) is 4. The highest BCUT2D eigenvalue weighted by atomic mass is 19.1. The Morgan fingerprint density at radius 2 is 1.96 bits per heavy atom. The minimum Gasteiger partial charge on any atom is -0.385 e. The predicted octanol–water partition coefficient (Wildman–Crippen LogP) is 1.04. The number of benzene rings is 1. The molecule has 6 nitrogen and oxygen atoms in total. The zero-order chi connectivity index (χ0) is 18.2. The molecule has 7 heteroatoms. The number of piperazine rings is 1. The number of rotatable bonds is 7. The number of halogens is 1. The highest BCUT2D eigenvalue weighted by Crippen LogP contribution is 2.13. The molecule has 1 heterocycles. The molecular weight excluding hydrogens is 325 g/mol. The van der Waals surface area contributed by atoms with Gasteiger partial charge in [0.1, 0.15) is 5.82 Å². The van der Waals surface area contributed by atoms with Crippen LogP contribution in [0.15, 0.2) is 18.2 Å². The molecule has 0 aliphatic carbocycles.